The van der Waals surface area contributed by atoms with Gasteiger partial charge in [-0.15, -0.1) is 11.3 Å². The van der Waals surface area contributed by atoms with Gasteiger partial charge in [0, 0.05) is 28.9 Å². The van der Waals surface area contributed by atoms with Gasteiger partial charge in [-0.05, 0) is 55.0 Å². The number of hydrogen-bond donors (Lipinski definition) is 1. The van der Waals surface area contributed by atoms with Crippen LogP contribution in [-0.2, 0) is 6.42 Å². The molecule has 1 N–H and O–H groups in total. The zero-order chi connectivity index (χ0) is 22.6. The van der Waals surface area contributed by atoms with E-state index in [1.807, 2.05) is 66.9 Å². The van der Waals surface area contributed by atoms with Crippen molar-refractivity contribution >= 4 is 28.3 Å². The minimum Gasteiger partial charge on any atom is -0.348 e. The first kappa shape index (κ1) is 21.0. The Morgan fingerprint density at radius 3 is 2.61 bits per heavy atom. The van der Waals surface area contributed by atoms with Gasteiger partial charge >= 0.3 is 0 Å². The topological polar surface area (TPSA) is 72.7 Å². The van der Waals surface area contributed by atoms with Gasteiger partial charge in [0.15, 0.2) is 17.2 Å². The van der Waals surface area contributed by atoms with Crippen LogP contribution in [0.2, 0.25) is 0 Å². The van der Waals surface area contributed by atoms with E-state index in [1.165, 1.54) is 5.56 Å². The van der Waals surface area contributed by atoms with Crippen molar-refractivity contribution in [2.45, 2.75) is 25.8 Å². The largest absolute Gasteiger partial charge is 0.348 e. The van der Waals surface area contributed by atoms with E-state index in [1.54, 1.807) is 28.4 Å². The summed E-state index contributed by atoms with van der Waals surface area (Å²) >= 11 is 1.62. The first-order chi connectivity index (χ1) is 16.2. The zero-order valence-electron chi connectivity index (χ0n) is 18.2. The van der Waals surface area contributed by atoms with E-state index in [4.69, 9.17) is 0 Å². The number of carbonyl (C=O) groups excluding carboxylic acids is 1. The number of nitrogens with zero attached hydrogens (tertiary/aromatic N) is 4. The highest BCUT2D eigenvalue weighted by atomic mass is 32.1. The van der Waals surface area contributed by atoms with Crippen molar-refractivity contribution in [3.8, 4) is 16.3 Å². The third-order valence-electron chi connectivity index (χ3n) is 5.52. The molecular formula is C26H23N5OS. The number of rotatable bonds is 7. The monoisotopic (exact) mass is 453 g/mol. The van der Waals surface area contributed by atoms with Crippen molar-refractivity contribution < 1.29 is 4.79 Å². The summed E-state index contributed by atoms with van der Waals surface area (Å²) in [4.78, 5) is 23.5. The van der Waals surface area contributed by atoms with Crippen LogP contribution in [0, 0.1) is 0 Å². The van der Waals surface area contributed by atoms with Crippen molar-refractivity contribution in [2.24, 2.45) is 0 Å². The number of aryl methyl sites for hydroxylation is 1. The van der Waals surface area contributed by atoms with E-state index in [-0.39, 0.29) is 11.9 Å². The van der Waals surface area contributed by atoms with E-state index in [2.05, 4.69) is 32.5 Å². The van der Waals surface area contributed by atoms with Crippen molar-refractivity contribution in [1.29, 1.82) is 0 Å². The summed E-state index contributed by atoms with van der Waals surface area (Å²) in [5.41, 5.74) is 3.17. The number of thiophene rings is 1. The average molecular weight is 454 g/mol. The Bertz CT molecular complexity index is 1360. The molecule has 1 aromatic carbocycles. The maximum Gasteiger partial charge on any atom is 0.272 e. The van der Waals surface area contributed by atoms with Crippen molar-refractivity contribution in [2.75, 3.05) is 0 Å². The Hall–Kier alpha value is -3.84. The lowest BCUT2D eigenvalue weighted by Gasteiger charge is -2.13. The van der Waals surface area contributed by atoms with Gasteiger partial charge in [0.1, 0.15) is 0 Å². The summed E-state index contributed by atoms with van der Waals surface area (Å²) in [6.07, 6.45) is 5.19. The lowest BCUT2D eigenvalue weighted by Crippen LogP contribution is -2.33. The Morgan fingerprint density at radius 1 is 1.00 bits per heavy atom. The van der Waals surface area contributed by atoms with E-state index in [9.17, 15) is 4.79 Å². The number of aromatic nitrogens is 4. The Morgan fingerprint density at radius 2 is 1.85 bits per heavy atom. The maximum absolute atomic E-state index is 13.4. The first-order valence-electron chi connectivity index (χ1n) is 10.9. The fourth-order valence-corrected chi connectivity index (χ4v) is 4.63. The third-order valence-corrected chi connectivity index (χ3v) is 6.43. The molecule has 0 unspecified atom stereocenters. The zero-order valence-corrected chi connectivity index (χ0v) is 19.0. The van der Waals surface area contributed by atoms with Crippen LogP contribution in [0.3, 0.4) is 0 Å². The Kier molecular flexibility index (Phi) is 5.95. The molecule has 0 spiro atoms. The predicted octanol–water partition coefficient (Wildman–Crippen LogP) is 5.30. The molecule has 7 heteroatoms. The van der Waals surface area contributed by atoms with Crippen molar-refractivity contribution in [3.05, 3.63) is 95.8 Å². The van der Waals surface area contributed by atoms with Gasteiger partial charge in [-0.1, -0.05) is 42.5 Å². The summed E-state index contributed by atoms with van der Waals surface area (Å²) < 4.78 is 1.65. The molecule has 4 heterocycles. The smallest absolute Gasteiger partial charge is 0.272 e. The Balaban J connectivity index is 1.50. The quantitative estimate of drug-likeness (QED) is 0.363. The number of nitrogens with one attached hydrogen (secondary N) is 1. The number of hydrogen-bond acceptors (Lipinski definition) is 5. The van der Waals surface area contributed by atoms with Crippen molar-refractivity contribution in [1.82, 2.24) is 25.1 Å². The minimum atomic E-state index is -0.207. The van der Waals surface area contributed by atoms with Gasteiger partial charge < -0.3 is 5.32 Å². The van der Waals surface area contributed by atoms with Crippen LogP contribution in [0.15, 0.2) is 84.5 Å². The molecule has 6 nitrogen and oxygen atoms in total. The number of fused-ring (bicyclic) bond motifs is 1. The molecule has 0 bridgehead atoms. The van der Waals surface area contributed by atoms with Gasteiger partial charge in [0.25, 0.3) is 5.91 Å². The van der Waals surface area contributed by atoms with Gasteiger partial charge in [0.2, 0.25) is 0 Å². The summed E-state index contributed by atoms with van der Waals surface area (Å²) in [6.45, 7) is 2.03. The van der Waals surface area contributed by atoms with Gasteiger partial charge in [-0.3, -0.25) is 4.79 Å². The first-order valence-corrected chi connectivity index (χ1v) is 11.8. The van der Waals surface area contributed by atoms with Gasteiger partial charge in [-0.2, -0.15) is 9.78 Å². The summed E-state index contributed by atoms with van der Waals surface area (Å²) in [6, 6.07) is 21.9. The standard InChI is InChI=1S/C26H23N5OS/c1-18(12-13-19-8-3-2-4-9-19)29-26(32)24-23-20(21-10-7-17-33-21)14-16-28-25(23)31(30-24)22-11-5-6-15-27-22/h2-11,14-18H,12-13H2,1H3,(H,29,32)/t18-/m1/s1. The Labute approximate surface area is 196 Å². The SMILES string of the molecule is C[C@H](CCc1ccccc1)NC(=O)c1nn(-c2ccccn2)c2nccc(-c3cccs3)c12. The molecule has 0 aliphatic carbocycles. The molecule has 0 aliphatic heterocycles. The number of benzene rings is 1. The lowest BCUT2D eigenvalue weighted by atomic mass is 10.1. The van der Waals surface area contributed by atoms with Crippen molar-refractivity contribution in [3.63, 3.8) is 0 Å². The molecule has 0 radical (unpaired) electrons. The fourth-order valence-electron chi connectivity index (χ4n) is 3.87. The highest BCUT2D eigenvalue weighted by Gasteiger charge is 2.24. The number of amides is 1. The van der Waals surface area contributed by atoms with Crippen LogP contribution in [0.4, 0.5) is 0 Å². The molecule has 1 atom stereocenters. The van der Waals surface area contributed by atoms with Gasteiger partial charge in [0.05, 0.1) is 5.39 Å². The molecule has 5 rings (SSSR count). The van der Waals surface area contributed by atoms with E-state index < -0.39 is 0 Å². The normalized spacial score (nSPS) is 12.0. The molecule has 164 valence electrons. The van der Waals surface area contributed by atoms with E-state index in [0.29, 0.717) is 17.2 Å². The van der Waals surface area contributed by atoms with E-state index >= 15 is 0 Å². The molecule has 33 heavy (non-hydrogen) atoms. The number of carbonyl (C=O) groups is 1. The van der Waals surface area contributed by atoms with Crippen LogP contribution < -0.4 is 5.32 Å². The molecule has 4 aromatic heterocycles. The molecule has 0 saturated heterocycles. The lowest BCUT2D eigenvalue weighted by molar-refractivity contribution is 0.0934. The third kappa shape index (κ3) is 4.40. The second kappa shape index (κ2) is 9.34. The number of pyridine rings is 2. The molecule has 0 saturated carbocycles. The molecule has 5 aromatic rings. The summed E-state index contributed by atoms with van der Waals surface area (Å²) in [7, 11) is 0. The van der Waals surface area contributed by atoms with Crippen LogP contribution in [0.25, 0.3) is 27.3 Å². The van der Waals surface area contributed by atoms with Crippen LogP contribution in [-0.4, -0.2) is 31.7 Å². The van der Waals surface area contributed by atoms with Crippen LogP contribution in [0.1, 0.15) is 29.4 Å². The van der Waals surface area contributed by atoms with Gasteiger partial charge in [-0.25, -0.2) is 9.97 Å². The second-order valence-corrected chi connectivity index (χ2v) is 8.83. The maximum atomic E-state index is 13.4. The van der Waals surface area contributed by atoms with Crippen LogP contribution >= 0.6 is 11.3 Å². The minimum absolute atomic E-state index is 0.00499. The molecule has 1 amide bonds. The highest BCUT2D eigenvalue weighted by Crippen LogP contribution is 2.33. The highest BCUT2D eigenvalue weighted by molar-refractivity contribution is 7.13. The van der Waals surface area contributed by atoms with Crippen LogP contribution in [0.5, 0.6) is 0 Å². The van der Waals surface area contributed by atoms with E-state index in [0.717, 1.165) is 28.7 Å². The predicted molar refractivity (Wildman–Crippen MR) is 132 cm³/mol. The summed E-state index contributed by atoms with van der Waals surface area (Å²) in [5.74, 6) is 0.413. The second-order valence-electron chi connectivity index (χ2n) is 7.88. The molecule has 0 fully saturated rings. The molecule has 0 aliphatic rings. The fraction of sp³-hybridized carbons (Fsp3) is 0.154. The average Bonchev–Trinajstić information content (AvgIpc) is 3.52. The molecular weight excluding hydrogens is 430 g/mol. The summed E-state index contributed by atoms with van der Waals surface area (Å²) in [5, 5.41) is 10.6.